The fourth-order valence-electron chi connectivity index (χ4n) is 4.81. The number of rotatable bonds is 9. The summed E-state index contributed by atoms with van der Waals surface area (Å²) in [7, 11) is -3.54. The fraction of sp³-hybridized carbons (Fsp3) is 0.267. The van der Waals surface area contributed by atoms with Gasteiger partial charge >= 0.3 is 6.09 Å². The second-order valence-electron chi connectivity index (χ2n) is 9.86. The number of carbonyl (C=O) groups is 1. The van der Waals surface area contributed by atoms with Crippen molar-refractivity contribution in [3.8, 4) is 11.3 Å². The summed E-state index contributed by atoms with van der Waals surface area (Å²) in [6, 6.07) is 15.6. The van der Waals surface area contributed by atoms with Gasteiger partial charge in [0.2, 0.25) is 0 Å². The minimum atomic E-state index is -4.74. The Hall–Kier alpha value is -3.94. The van der Waals surface area contributed by atoms with Crippen LogP contribution in [0.25, 0.3) is 11.3 Å². The van der Waals surface area contributed by atoms with Gasteiger partial charge in [-0.1, -0.05) is 36.4 Å². The van der Waals surface area contributed by atoms with Gasteiger partial charge in [0, 0.05) is 37.1 Å². The Morgan fingerprint density at radius 3 is 2.51 bits per heavy atom. The molecular weight excluding hydrogens is 603 g/mol. The smallest absolute Gasteiger partial charge is 0.410 e. The second-order valence-corrected chi connectivity index (χ2v) is 12.6. The van der Waals surface area contributed by atoms with E-state index in [2.05, 4.69) is 4.98 Å². The minimum absolute atomic E-state index is 0.0398. The van der Waals surface area contributed by atoms with Gasteiger partial charge in [0.05, 0.1) is 16.4 Å². The number of piperidine rings is 1. The number of carbonyl (C=O) groups excluding carboxylic acids is 1. The largest absolute Gasteiger partial charge is 0.445 e. The lowest BCUT2D eigenvalue weighted by Gasteiger charge is -2.30. The Balaban J connectivity index is 1.31. The topological polar surface area (TPSA) is 89.0 Å². The van der Waals surface area contributed by atoms with Crippen molar-refractivity contribution in [3.63, 3.8) is 0 Å². The molecule has 1 saturated heterocycles. The van der Waals surface area contributed by atoms with Gasteiger partial charge in [-0.15, -0.1) is 11.3 Å². The van der Waals surface area contributed by atoms with E-state index < -0.39 is 44.8 Å². The summed E-state index contributed by atoms with van der Waals surface area (Å²) in [5.41, 5.74) is 0.843. The molecule has 226 valence electrons. The number of aromatic nitrogens is 1. The Bertz CT molecular complexity index is 1690. The van der Waals surface area contributed by atoms with Crippen molar-refractivity contribution in [1.82, 2.24) is 9.88 Å². The number of nitrogens with zero attached hydrogens (tertiary/aromatic N) is 3. The number of likely N-dealkylation sites (tertiary alicyclic amines) is 1. The number of ether oxygens (including phenoxy) is 2. The highest BCUT2D eigenvalue weighted by atomic mass is 32.2. The third-order valence-electron chi connectivity index (χ3n) is 7.06. The first-order valence-electron chi connectivity index (χ1n) is 13.4. The van der Waals surface area contributed by atoms with Crippen LogP contribution in [0.1, 0.15) is 29.3 Å². The van der Waals surface area contributed by atoms with E-state index in [0.29, 0.717) is 48.1 Å². The zero-order valence-corrected chi connectivity index (χ0v) is 24.7. The van der Waals surface area contributed by atoms with Gasteiger partial charge in [0.25, 0.3) is 10.0 Å². The van der Waals surface area contributed by atoms with Crippen molar-refractivity contribution in [1.29, 1.82) is 0 Å². The number of hydrogen-bond donors (Lipinski definition) is 0. The standard InChI is InChI=1S/C30H28F3N3O5S2/c1-40-19-36(43(38,39)27-16-22(31)10-11-24(27)32)26-9-5-8-23(28(26)33)25-18-42-29(34-25)21-12-14-35(15-13-21)30(37)41-17-20-6-3-2-4-7-20/h2-11,16,18,21H,12-15,17,19H2,1H3. The van der Waals surface area contributed by atoms with Crippen LogP contribution in [0.3, 0.4) is 0 Å². The monoisotopic (exact) mass is 631 g/mol. The quantitative estimate of drug-likeness (QED) is 0.195. The molecule has 0 atom stereocenters. The SMILES string of the molecule is COCN(c1cccc(-c2csc(C3CCN(C(=O)OCc4ccccc4)CC3)n2)c1F)S(=O)(=O)c1cc(F)ccc1F. The van der Waals surface area contributed by atoms with E-state index in [0.717, 1.165) is 16.6 Å². The first kappa shape index (κ1) is 30.5. The molecule has 0 spiro atoms. The molecule has 2 heterocycles. The van der Waals surface area contributed by atoms with E-state index in [1.54, 1.807) is 10.3 Å². The summed E-state index contributed by atoms with van der Waals surface area (Å²) in [6.07, 6.45) is 0.916. The fourth-order valence-corrected chi connectivity index (χ4v) is 7.26. The summed E-state index contributed by atoms with van der Waals surface area (Å²) in [6.45, 7) is 0.517. The predicted octanol–water partition coefficient (Wildman–Crippen LogP) is 6.54. The van der Waals surface area contributed by atoms with Crippen molar-refractivity contribution < 1.29 is 35.9 Å². The van der Waals surface area contributed by atoms with Gasteiger partial charge in [-0.05, 0) is 48.7 Å². The Morgan fingerprint density at radius 1 is 1.05 bits per heavy atom. The van der Waals surface area contributed by atoms with Gasteiger partial charge in [-0.3, -0.25) is 0 Å². The summed E-state index contributed by atoms with van der Waals surface area (Å²) >= 11 is 1.35. The molecule has 1 amide bonds. The maximum atomic E-state index is 15.9. The van der Waals surface area contributed by atoms with Crippen LogP contribution in [0.15, 0.2) is 77.0 Å². The zero-order chi connectivity index (χ0) is 30.6. The Morgan fingerprint density at radius 2 is 1.79 bits per heavy atom. The number of sulfonamides is 1. The molecule has 3 aromatic carbocycles. The molecule has 0 saturated carbocycles. The van der Waals surface area contributed by atoms with E-state index in [9.17, 15) is 22.0 Å². The van der Waals surface area contributed by atoms with E-state index in [-0.39, 0.29) is 24.2 Å². The normalized spacial score (nSPS) is 14.1. The minimum Gasteiger partial charge on any atom is -0.445 e. The molecule has 0 unspecified atom stereocenters. The van der Waals surface area contributed by atoms with Crippen LogP contribution < -0.4 is 4.31 Å². The number of hydrogen-bond acceptors (Lipinski definition) is 7. The van der Waals surface area contributed by atoms with Gasteiger partial charge < -0.3 is 14.4 Å². The van der Waals surface area contributed by atoms with Crippen LogP contribution in [0, 0.1) is 17.5 Å². The third-order valence-corrected chi connectivity index (χ3v) is 9.82. The van der Waals surface area contributed by atoms with E-state index in [1.165, 1.54) is 36.6 Å². The summed E-state index contributed by atoms with van der Waals surface area (Å²) in [4.78, 5) is 17.9. The first-order valence-corrected chi connectivity index (χ1v) is 15.7. The lowest BCUT2D eigenvalue weighted by atomic mass is 9.98. The molecule has 0 aliphatic carbocycles. The van der Waals surface area contributed by atoms with Gasteiger partial charge in [0.15, 0.2) is 5.82 Å². The average Bonchev–Trinajstić information content (AvgIpc) is 3.51. The lowest BCUT2D eigenvalue weighted by molar-refractivity contribution is 0.0870. The molecule has 43 heavy (non-hydrogen) atoms. The van der Waals surface area contributed by atoms with Crippen LogP contribution in [0.2, 0.25) is 0 Å². The highest BCUT2D eigenvalue weighted by molar-refractivity contribution is 7.92. The van der Waals surface area contributed by atoms with Crippen LogP contribution in [-0.4, -0.2) is 51.3 Å². The van der Waals surface area contributed by atoms with E-state index in [1.807, 2.05) is 30.3 Å². The maximum absolute atomic E-state index is 15.9. The van der Waals surface area contributed by atoms with E-state index in [4.69, 9.17) is 9.47 Å². The van der Waals surface area contributed by atoms with Crippen LogP contribution in [-0.2, 0) is 26.1 Å². The molecule has 5 rings (SSSR count). The van der Waals surface area contributed by atoms with Crippen LogP contribution in [0.5, 0.6) is 0 Å². The maximum Gasteiger partial charge on any atom is 0.410 e. The van der Waals surface area contributed by atoms with Gasteiger partial charge in [-0.2, -0.15) is 0 Å². The third kappa shape index (κ3) is 6.68. The molecular formula is C30H28F3N3O5S2. The highest BCUT2D eigenvalue weighted by Crippen LogP contribution is 2.37. The lowest BCUT2D eigenvalue weighted by Crippen LogP contribution is -2.38. The van der Waals surface area contributed by atoms with Gasteiger partial charge in [-0.25, -0.2) is 35.7 Å². The summed E-state index contributed by atoms with van der Waals surface area (Å²) in [5.74, 6) is -3.01. The van der Waals surface area contributed by atoms with Gasteiger partial charge in [0.1, 0.15) is 29.9 Å². The first-order chi connectivity index (χ1) is 20.7. The van der Waals surface area contributed by atoms with Crippen molar-refractivity contribution >= 4 is 33.1 Å². The Kier molecular flexibility index (Phi) is 9.33. The summed E-state index contributed by atoms with van der Waals surface area (Å²) < 4.78 is 81.8. The van der Waals surface area contributed by atoms with Crippen molar-refractivity contribution in [3.05, 3.63) is 100 Å². The Labute approximate surface area is 251 Å². The van der Waals surface area contributed by atoms with Crippen molar-refractivity contribution in [2.24, 2.45) is 0 Å². The second kappa shape index (κ2) is 13.1. The van der Waals surface area contributed by atoms with E-state index >= 15 is 4.39 Å². The summed E-state index contributed by atoms with van der Waals surface area (Å²) in [5, 5.41) is 2.44. The van der Waals surface area contributed by atoms with Crippen molar-refractivity contribution in [2.45, 2.75) is 30.3 Å². The molecule has 0 radical (unpaired) electrons. The molecule has 4 aromatic rings. The number of methoxy groups -OCH3 is 1. The zero-order valence-electron chi connectivity index (χ0n) is 23.1. The molecule has 0 N–H and O–H groups in total. The molecule has 1 aromatic heterocycles. The molecule has 1 aliphatic heterocycles. The number of anilines is 1. The van der Waals surface area contributed by atoms with Crippen LogP contribution >= 0.6 is 11.3 Å². The predicted molar refractivity (Wildman–Crippen MR) is 156 cm³/mol. The van der Waals surface area contributed by atoms with Crippen molar-refractivity contribution in [2.75, 3.05) is 31.2 Å². The molecule has 0 bridgehead atoms. The molecule has 1 fully saturated rings. The highest BCUT2D eigenvalue weighted by Gasteiger charge is 2.32. The molecule has 13 heteroatoms. The number of halogens is 3. The van der Waals surface area contributed by atoms with Crippen LogP contribution in [0.4, 0.5) is 23.7 Å². The number of benzene rings is 3. The average molecular weight is 632 g/mol. The molecule has 1 aliphatic rings. The molecule has 8 nitrogen and oxygen atoms in total. The number of thiazole rings is 1. The number of amides is 1.